The topological polar surface area (TPSA) is 77.7 Å². The third-order valence-corrected chi connectivity index (χ3v) is 3.34. The summed E-state index contributed by atoms with van der Waals surface area (Å²) >= 11 is 0. The fraction of sp³-hybridized carbons (Fsp3) is 0.235. The van der Waals surface area contributed by atoms with E-state index in [1.807, 2.05) is 0 Å². The number of nitrogens with zero attached hydrogens (tertiary/aromatic N) is 3. The Bertz CT molecular complexity index is 846. The summed E-state index contributed by atoms with van der Waals surface area (Å²) in [5.41, 5.74) is 0.773. The summed E-state index contributed by atoms with van der Waals surface area (Å²) in [4.78, 5) is 16.4. The van der Waals surface area contributed by atoms with Crippen molar-refractivity contribution in [3.8, 4) is 11.6 Å². The van der Waals surface area contributed by atoms with Crippen LogP contribution in [0.2, 0.25) is 0 Å². The number of hydrogen-bond acceptors (Lipinski definition) is 5. The first kappa shape index (κ1) is 19.1. The molecule has 0 aliphatic rings. The SMILES string of the molecule is CNC(=O)C(=NOC)C(C)=CCOc1ccn(-c2ccc(F)cc2F)n1. The minimum Gasteiger partial charge on any atom is -0.472 e. The van der Waals surface area contributed by atoms with Crippen molar-refractivity contribution in [3.63, 3.8) is 0 Å². The lowest BCUT2D eigenvalue weighted by Crippen LogP contribution is -2.28. The Morgan fingerprint density at radius 1 is 1.38 bits per heavy atom. The number of aromatic nitrogens is 2. The van der Waals surface area contributed by atoms with Crippen molar-refractivity contribution in [1.29, 1.82) is 0 Å². The normalized spacial score (nSPS) is 12.0. The molecule has 138 valence electrons. The molecule has 0 radical (unpaired) electrons. The van der Waals surface area contributed by atoms with Gasteiger partial charge in [-0.1, -0.05) is 5.16 Å². The molecule has 0 aliphatic heterocycles. The number of ether oxygens (including phenoxy) is 1. The summed E-state index contributed by atoms with van der Waals surface area (Å²) in [5.74, 6) is -1.55. The molecule has 9 heteroatoms. The monoisotopic (exact) mass is 364 g/mol. The molecule has 2 rings (SSSR count). The third-order valence-electron chi connectivity index (χ3n) is 3.34. The Hall–Kier alpha value is -3.23. The molecule has 1 aromatic carbocycles. The first-order chi connectivity index (χ1) is 12.5. The van der Waals surface area contributed by atoms with Crippen LogP contribution in [0.4, 0.5) is 8.78 Å². The van der Waals surface area contributed by atoms with Gasteiger partial charge in [0.25, 0.3) is 5.91 Å². The van der Waals surface area contributed by atoms with Crippen LogP contribution in [-0.2, 0) is 9.63 Å². The molecule has 7 nitrogen and oxygen atoms in total. The van der Waals surface area contributed by atoms with Crippen LogP contribution in [0.25, 0.3) is 5.69 Å². The number of benzene rings is 1. The van der Waals surface area contributed by atoms with E-state index in [-0.39, 0.29) is 23.9 Å². The van der Waals surface area contributed by atoms with Crippen molar-refractivity contribution in [2.24, 2.45) is 5.16 Å². The molecule has 0 aliphatic carbocycles. The van der Waals surface area contributed by atoms with E-state index in [0.29, 0.717) is 5.57 Å². The van der Waals surface area contributed by atoms with Gasteiger partial charge in [-0.25, -0.2) is 13.5 Å². The summed E-state index contributed by atoms with van der Waals surface area (Å²) in [5, 5.41) is 10.2. The van der Waals surface area contributed by atoms with E-state index in [1.54, 1.807) is 13.0 Å². The first-order valence-electron chi connectivity index (χ1n) is 7.60. The molecule has 0 saturated carbocycles. The zero-order valence-electron chi connectivity index (χ0n) is 14.5. The molecule has 0 unspecified atom stereocenters. The Kier molecular flexibility index (Phi) is 6.42. The minimum atomic E-state index is -0.735. The van der Waals surface area contributed by atoms with Gasteiger partial charge in [0.2, 0.25) is 5.88 Å². The maximum absolute atomic E-state index is 13.8. The van der Waals surface area contributed by atoms with E-state index in [2.05, 4.69) is 20.4 Å². The van der Waals surface area contributed by atoms with Crippen LogP contribution in [0.1, 0.15) is 6.92 Å². The van der Waals surface area contributed by atoms with Crippen LogP contribution < -0.4 is 10.1 Å². The molecule has 26 heavy (non-hydrogen) atoms. The maximum Gasteiger partial charge on any atom is 0.273 e. The van der Waals surface area contributed by atoms with E-state index in [0.717, 1.165) is 12.1 Å². The zero-order valence-corrected chi connectivity index (χ0v) is 14.5. The lowest BCUT2D eigenvalue weighted by molar-refractivity contribution is -0.114. The quantitative estimate of drug-likeness (QED) is 0.604. The fourth-order valence-electron chi connectivity index (χ4n) is 2.04. The number of nitrogens with one attached hydrogen (secondary N) is 1. The molecule has 0 fully saturated rings. The lowest BCUT2D eigenvalue weighted by Gasteiger charge is -2.05. The molecule has 1 N–H and O–H groups in total. The van der Waals surface area contributed by atoms with Crippen molar-refractivity contribution in [3.05, 3.63) is 53.7 Å². The predicted octanol–water partition coefficient (Wildman–Crippen LogP) is 2.22. The van der Waals surface area contributed by atoms with E-state index in [9.17, 15) is 13.6 Å². The van der Waals surface area contributed by atoms with E-state index in [1.165, 1.54) is 37.2 Å². The maximum atomic E-state index is 13.8. The standard InChI is InChI=1S/C17H18F2N4O3/c1-11(16(22-25-3)17(24)20-2)7-9-26-15-6-8-23(21-15)14-5-4-12(18)10-13(14)19/h4-8,10H,9H2,1-3H3,(H,20,24). The van der Waals surface area contributed by atoms with Crippen LogP contribution in [0.3, 0.4) is 0 Å². The van der Waals surface area contributed by atoms with Gasteiger partial charge >= 0.3 is 0 Å². The van der Waals surface area contributed by atoms with Crippen LogP contribution in [-0.4, -0.2) is 42.2 Å². The molecule has 2 aromatic rings. The highest BCUT2D eigenvalue weighted by Crippen LogP contribution is 2.16. The second-order valence-electron chi connectivity index (χ2n) is 5.09. The molecule has 0 spiro atoms. The van der Waals surface area contributed by atoms with Gasteiger partial charge in [0, 0.05) is 25.4 Å². The van der Waals surface area contributed by atoms with Crippen LogP contribution in [0.5, 0.6) is 5.88 Å². The zero-order chi connectivity index (χ0) is 19.1. The van der Waals surface area contributed by atoms with Crippen LogP contribution in [0.15, 0.2) is 47.3 Å². The van der Waals surface area contributed by atoms with E-state index < -0.39 is 17.5 Å². The van der Waals surface area contributed by atoms with Gasteiger partial charge in [-0.15, -0.1) is 5.10 Å². The summed E-state index contributed by atoms with van der Waals surface area (Å²) in [6, 6.07) is 4.73. The van der Waals surface area contributed by atoms with Gasteiger partial charge in [0.05, 0.1) is 0 Å². The summed E-state index contributed by atoms with van der Waals surface area (Å²) in [6.45, 7) is 1.79. The molecule has 0 atom stereocenters. The molecule has 0 bridgehead atoms. The highest BCUT2D eigenvalue weighted by molar-refractivity contribution is 6.44. The smallest absolute Gasteiger partial charge is 0.273 e. The second kappa shape index (κ2) is 8.75. The van der Waals surface area contributed by atoms with E-state index in [4.69, 9.17) is 4.74 Å². The Labute approximate surface area is 148 Å². The fourth-order valence-corrected chi connectivity index (χ4v) is 2.04. The third kappa shape index (κ3) is 4.65. The number of rotatable bonds is 7. The Morgan fingerprint density at radius 2 is 2.15 bits per heavy atom. The van der Waals surface area contributed by atoms with Crippen LogP contribution in [0, 0.1) is 11.6 Å². The Balaban J connectivity index is 2.05. The van der Waals surface area contributed by atoms with Gasteiger partial charge in [-0.05, 0) is 30.7 Å². The van der Waals surface area contributed by atoms with Gasteiger partial charge in [0.1, 0.15) is 25.2 Å². The number of carbonyl (C=O) groups is 1. The summed E-state index contributed by atoms with van der Waals surface area (Å²) in [6.07, 6.45) is 3.12. The average molecular weight is 364 g/mol. The lowest BCUT2D eigenvalue weighted by atomic mass is 10.1. The van der Waals surface area contributed by atoms with Crippen molar-refractivity contribution >= 4 is 11.6 Å². The molecule has 1 amide bonds. The van der Waals surface area contributed by atoms with Crippen LogP contribution >= 0.6 is 0 Å². The van der Waals surface area contributed by atoms with Crippen molar-refractivity contribution in [2.45, 2.75) is 6.92 Å². The first-order valence-corrected chi connectivity index (χ1v) is 7.60. The number of hydrogen-bond donors (Lipinski definition) is 1. The van der Waals surface area contributed by atoms with Crippen molar-refractivity contribution < 1.29 is 23.1 Å². The number of amides is 1. The number of carbonyl (C=O) groups excluding carboxylic acids is 1. The minimum absolute atomic E-state index is 0.0992. The van der Waals surface area contributed by atoms with Gasteiger partial charge in [-0.3, -0.25) is 4.79 Å². The molecular weight excluding hydrogens is 346 g/mol. The molecular formula is C17H18F2N4O3. The molecule has 1 aromatic heterocycles. The summed E-state index contributed by atoms with van der Waals surface area (Å²) in [7, 11) is 2.83. The van der Waals surface area contributed by atoms with Gasteiger partial charge in [0.15, 0.2) is 11.5 Å². The molecule has 0 saturated heterocycles. The second-order valence-corrected chi connectivity index (χ2v) is 5.09. The van der Waals surface area contributed by atoms with Gasteiger partial charge < -0.3 is 14.9 Å². The van der Waals surface area contributed by atoms with E-state index >= 15 is 0 Å². The van der Waals surface area contributed by atoms with Crippen molar-refractivity contribution in [2.75, 3.05) is 20.8 Å². The highest BCUT2D eigenvalue weighted by Gasteiger charge is 2.13. The van der Waals surface area contributed by atoms with Gasteiger partial charge in [-0.2, -0.15) is 0 Å². The molecule has 1 heterocycles. The Morgan fingerprint density at radius 3 is 2.81 bits per heavy atom. The number of halogens is 2. The van der Waals surface area contributed by atoms with Crippen molar-refractivity contribution in [1.82, 2.24) is 15.1 Å². The number of oxime groups is 1. The highest BCUT2D eigenvalue weighted by atomic mass is 19.1. The largest absolute Gasteiger partial charge is 0.472 e. The predicted molar refractivity (Wildman–Crippen MR) is 91.2 cm³/mol. The summed E-state index contributed by atoms with van der Waals surface area (Å²) < 4.78 is 33.4. The average Bonchev–Trinajstić information content (AvgIpc) is 3.07.